The van der Waals surface area contributed by atoms with Gasteiger partial charge in [0.25, 0.3) is 5.56 Å². The van der Waals surface area contributed by atoms with Crippen LogP contribution < -0.4 is 10.5 Å². The molecule has 9 heteroatoms. The van der Waals surface area contributed by atoms with Crippen LogP contribution in [0.1, 0.15) is 31.7 Å². The number of nitrogens with zero attached hydrogens (tertiary/aromatic N) is 3. The Balaban J connectivity index is 2.06. The minimum Gasteiger partial charge on any atom is -0.494 e. The van der Waals surface area contributed by atoms with Gasteiger partial charge in [0.1, 0.15) is 17.5 Å². The molecule has 0 radical (unpaired) electrons. The van der Waals surface area contributed by atoms with E-state index in [1.807, 2.05) is 43.0 Å². The van der Waals surface area contributed by atoms with Gasteiger partial charge in [0.15, 0.2) is 4.77 Å². The highest BCUT2D eigenvalue weighted by molar-refractivity contribution is 8.00. The van der Waals surface area contributed by atoms with E-state index >= 15 is 0 Å². The summed E-state index contributed by atoms with van der Waals surface area (Å²) in [7, 11) is 0. The number of ether oxygens (including phenoxy) is 1. The topological polar surface area (TPSA) is 76.7 Å². The monoisotopic (exact) mass is 447 g/mol. The maximum absolute atomic E-state index is 13.3. The van der Waals surface area contributed by atoms with Crippen LogP contribution in [0.25, 0.3) is 0 Å². The molecule has 0 fully saturated rings. The fourth-order valence-corrected chi connectivity index (χ4v) is 5.21. The number of esters is 1. The summed E-state index contributed by atoms with van der Waals surface area (Å²) in [5.74, 6) is -0.575. The molecule has 0 spiro atoms. The van der Waals surface area contributed by atoms with Crippen LogP contribution in [0.4, 0.5) is 5.69 Å². The number of carbonyl (C=O) groups excluding carboxylic acids is 1. The van der Waals surface area contributed by atoms with Crippen molar-refractivity contribution in [2.75, 3.05) is 18.1 Å². The van der Waals surface area contributed by atoms with Crippen molar-refractivity contribution in [1.29, 1.82) is 0 Å². The maximum atomic E-state index is 13.3. The number of anilines is 1. The standard InChI is InChI=1S/C21H25N3O4S2/c1-5-22-17(25)16(18(26)23(6-2)21(22)29)19-24(11-12-28-20(27)13(3)4)14-9-7-8-10-15(14)30-19/h7-10,19,25H,3,5-6,11-12H2,1-2,4H3. The zero-order valence-corrected chi connectivity index (χ0v) is 18.9. The normalized spacial score (nSPS) is 15.2. The van der Waals surface area contributed by atoms with Crippen molar-refractivity contribution in [2.45, 2.75) is 44.1 Å². The van der Waals surface area contributed by atoms with Crippen molar-refractivity contribution in [2.24, 2.45) is 0 Å². The van der Waals surface area contributed by atoms with Crippen molar-refractivity contribution >= 4 is 35.6 Å². The molecule has 1 N–H and O–H groups in total. The predicted octanol–water partition coefficient (Wildman–Crippen LogP) is 3.85. The Labute approximate surface area is 184 Å². The molecule has 2 aromatic rings. The van der Waals surface area contributed by atoms with E-state index in [1.165, 1.54) is 16.3 Å². The van der Waals surface area contributed by atoms with Crippen LogP contribution in [-0.2, 0) is 22.6 Å². The summed E-state index contributed by atoms with van der Waals surface area (Å²) in [6.07, 6.45) is 0. The molecule has 0 saturated carbocycles. The van der Waals surface area contributed by atoms with E-state index in [9.17, 15) is 14.7 Å². The molecule has 1 aliphatic heterocycles. The molecule has 7 nitrogen and oxygen atoms in total. The fraction of sp³-hybridized carbons (Fsp3) is 0.381. The quantitative estimate of drug-likeness (QED) is 0.392. The largest absolute Gasteiger partial charge is 0.494 e. The van der Waals surface area contributed by atoms with Gasteiger partial charge in [-0.15, -0.1) is 0 Å². The average molecular weight is 448 g/mol. The second-order valence-electron chi connectivity index (χ2n) is 6.86. The number of aromatic nitrogens is 2. The number of hydrogen-bond donors (Lipinski definition) is 1. The van der Waals surface area contributed by atoms with Gasteiger partial charge in [0.2, 0.25) is 5.88 Å². The number of thioether (sulfide) groups is 1. The van der Waals surface area contributed by atoms with Crippen molar-refractivity contribution in [3.63, 3.8) is 0 Å². The molecule has 3 rings (SSSR count). The third-order valence-electron chi connectivity index (χ3n) is 4.92. The molecule has 1 atom stereocenters. The molecule has 30 heavy (non-hydrogen) atoms. The van der Waals surface area contributed by atoms with Crippen LogP contribution in [0.15, 0.2) is 46.1 Å². The summed E-state index contributed by atoms with van der Waals surface area (Å²) in [6, 6.07) is 7.76. The van der Waals surface area contributed by atoms with Gasteiger partial charge in [0.05, 0.1) is 12.2 Å². The number of rotatable bonds is 7. The van der Waals surface area contributed by atoms with Gasteiger partial charge in [-0.3, -0.25) is 13.9 Å². The van der Waals surface area contributed by atoms with Crippen molar-refractivity contribution in [1.82, 2.24) is 9.13 Å². The van der Waals surface area contributed by atoms with Crippen LogP contribution >= 0.6 is 24.0 Å². The first-order valence-electron chi connectivity index (χ1n) is 9.73. The highest BCUT2D eigenvalue weighted by Gasteiger charge is 2.36. The average Bonchev–Trinajstić information content (AvgIpc) is 3.06. The van der Waals surface area contributed by atoms with Crippen LogP contribution in [0.3, 0.4) is 0 Å². The highest BCUT2D eigenvalue weighted by Crippen LogP contribution is 2.51. The van der Waals surface area contributed by atoms with Crippen LogP contribution in [0.5, 0.6) is 5.88 Å². The Morgan fingerprint density at radius 2 is 1.93 bits per heavy atom. The molecule has 2 heterocycles. The summed E-state index contributed by atoms with van der Waals surface area (Å²) >= 11 is 6.88. The first kappa shape index (κ1) is 22.2. The van der Waals surface area contributed by atoms with Gasteiger partial charge in [-0.05, 0) is 45.1 Å². The van der Waals surface area contributed by atoms with E-state index in [1.54, 1.807) is 11.5 Å². The number of carbonyl (C=O) groups is 1. The minimum absolute atomic E-state index is 0.119. The molecular weight excluding hydrogens is 422 g/mol. The van der Waals surface area contributed by atoms with Gasteiger partial charge in [-0.1, -0.05) is 30.5 Å². The number of aromatic hydroxyl groups is 1. The zero-order valence-electron chi connectivity index (χ0n) is 17.3. The Kier molecular flexibility index (Phi) is 6.72. The highest BCUT2D eigenvalue weighted by atomic mass is 32.2. The van der Waals surface area contributed by atoms with Crippen molar-refractivity contribution < 1.29 is 14.6 Å². The van der Waals surface area contributed by atoms with Gasteiger partial charge in [-0.25, -0.2) is 4.79 Å². The predicted molar refractivity (Wildman–Crippen MR) is 121 cm³/mol. The van der Waals surface area contributed by atoms with E-state index in [-0.39, 0.29) is 23.6 Å². The molecule has 1 unspecified atom stereocenters. The number of fused-ring (bicyclic) bond motifs is 1. The first-order chi connectivity index (χ1) is 14.3. The Morgan fingerprint density at radius 3 is 2.57 bits per heavy atom. The van der Waals surface area contributed by atoms with E-state index < -0.39 is 11.3 Å². The third-order valence-corrected chi connectivity index (χ3v) is 6.68. The molecular formula is C21H25N3O4S2. The van der Waals surface area contributed by atoms with Crippen LogP contribution in [0.2, 0.25) is 0 Å². The third kappa shape index (κ3) is 3.91. The van der Waals surface area contributed by atoms with E-state index in [0.717, 1.165) is 10.6 Å². The lowest BCUT2D eigenvalue weighted by Crippen LogP contribution is -2.35. The van der Waals surface area contributed by atoms with Gasteiger partial charge in [-0.2, -0.15) is 0 Å². The molecule has 1 aromatic heterocycles. The SMILES string of the molecule is C=C(C)C(=O)OCCN1c2ccccc2SC1c1c(O)n(CC)c(=S)n(CC)c1=O. The molecule has 0 saturated heterocycles. The van der Waals surface area contributed by atoms with Crippen LogP contribution in [0, 0.1) is 4.77 Å². The summed E-state index contributed by atoms with van der Waals surface area (Å²) in [6.45, 7) is 10.3. The second-order valence-corrected chi connectivity index (χ2v) is 8.35. The number of hydrogen-bond acceptors (Lipinski definition) is 7. The number of benzene rings is 1. The van der Waals surface area contributed by atoms with Crippen molar-refractivity contribution in [3.8, 4) is 5.88 Å². The molecule has 0 amide bonds. The van der Waals surface area contributed by atoms with Gasteiger partial charge >= 0.3 is 5.97 Å². The second kappa shape index (κ2) is 9.09. The molecule has 0 bridgehead atoms. The molecule has 0 aliphatic carbocycles. The molecule has 160 valence electrons. The van der Waals surface area contributed by atoms with Crippen LogP contribution in [-0.4, -0.2) is 33.4 Å². The number of para-hydroxylation sites is 1. The van der Waals surface area contributed by atoms with Gasteiger partial charge < -0.3 is 14.7 Å². The lowest BCUT2D eigenvalue weighted by atomic mass is 10.2. The summed E-state index contributed by atoms with van der Waals surface area (Å²) in [5.41, 5.74) is 1.22. The summed E-state index contributed by atoms with van der Waals surface area (Å²) in [4.78, 5) is 28.0. The van der Waals surface area contributed by atoms with E-state index in [2.05, 4.69) is 6.58 Å². The Bertz CT molecular complexity index is 1110. The molecule has 1 aliphatic rings. The lowest BCUT2D eigenvalue weighted by Gasteiger charge is -2.28. The molecule has 1 aromatic carbocycles. The Morgan fingerprint density at radius 1 is 1.27 bits per heavy atom. The summed E-state index contributed by atoms with van der Waals surface area (Å²) < 4.78 is 8.64. The fourth-order valence-electron chi connectivity index (χ4n) is 3.41. The summed E-state index contributed by atoms with van der Waals surface area (Å²) in [5, 5.41) is 10.5. The van der Waals surface area contributed by atoms with E-state index in [4.69, 9.17) is 17.0 Å². The minimum atomic E-state index is -0.468. The first-order valence-corrected chi connectivity index (χ1v) is 11.0. The van der Waals surface area contributed by atoms with E-state index in [0.29, 0.717) is 30.0 Å². The van der Waals surface area contributed by atoms with Crippen molar-refractivity contribution in [3.05, 3.63) is 57.1 Å². The zero-order chi connectivity index (χ0) is 22.0. The lowest BCUT2D eigenvalue weighted by molar-refractivity contribution is -0.138. The van der Waals surface area contributed by atoms with Gasteiger partial charge in [0, 0.05) is 23.6 Å². The Hall–Kier alpha value is -2.52. The maximum Gasteiger partial charge on any atom is 0.333 e. The smallest absolute Gasteiger partial charge is 0.333 e.